The lowest BCUT2D eigenvalue weighted by molar-refractivity contribution is 0.590. The highest BCUT2D eigenvalue weighted by Gasteiger charge is 2.14. The maximum atomic E-state index is 12.2. The van der Waals surface area contributed by atoms with Crippen LogP contribution >= 0.6 is 0 Å². The molecule has 0 saturated carbocycles. The Bertz CT molecular complexity index is 1100. The van der Waals surface area contributed by atoms with Gasteiger partial charge >= 0.3 is 0 Å². The molecule has 27 heavy (non-hydrogen) atoms. The predicted octanol–water partition coefficient (Wildman–Crippen LogP) is 2.53. The van der Waals surface area contributed by atoms with Crippen LogP contribution in [0.5, 0.6) is 0 Å². The third-order valence-corrected chi connectivity index (χ3v) is 5.73. The van der Waals surface area contributed by atoms with Crippen molar-refractivity contribution in [2.75, 3.05) is 11.5 Å². The maximum absolute atomic E-state index is 12.2. The average Bonchev–Trinajstić information content (AvgIpc) is 2.96. The van der Waals surface area contributed by atoms with Gasteiger partial charge in [0.2, 0.25) is 10.0 Å². The van der Waals surface area contributed by atoms with Crippen molar-refractivity contribution in [3.8, 4) is 0 Å². The highest BCUT2D eigenvalue weighted by molar-refractivity contribution is 7.89. The molecule has 8 heteroatoms. The van der Waals surface area contributed by atoms with E-state index in [1.54, 1.807) is 6.20 Å². The van der Waals surface area contributed by atoms with E-state index in [-0.39, 0.29) is 5.75 Å². The molecule has 0 saturated heterocycles. The standard InChI is InChI=1S/C19H23N5O2S/c1-13-14(2)22-19(20)17-18(13)24(15(3)23-17)11-10-21-27(25,26)12-9-16-7-5-4-6-8-16/h4-8,10-11,21H,9,12H2,1-3H3,(H2,20,22). The summed E-state index contributed by atoms with van der Waals surface area (Å²) in [5.74, 6) is 1.08. The molecule has 2 heterocycles. The first kappa shape index (κ1) is 18.9. The normalized spacial score (nSPS) is 12.1. The van der Waals surface area contributed by atoms with Crippen LogP contribution in [0.25, 0.3) is 17.2 Å². The smallest absolute Gasteiger partial charge is 0.232 e. The summed E-state index contributed by atoms with van der Waals surface area (Å²) in [5.41, 5.74) is 10.2. The molecule has 7 nitrogen and oxygen atoms in total. The second-order valence-corrected chi connectivity index (χ2v) is 8.30. The van der Waals surface area contributed by atoms with Crippen molar-refractivity contribution < 1.29 is 8.42 Å². The van der Waals surface area contributed by atoms with Crippen molar-refractivity contribution in [2.45, 2.75) is 27.2 Å². The summed E-state index contributed by atoms with van der Waals surface area (Å²) >= 11 is 0. The molecule has 0 atom stereocenters. The molecule has 1 aromatic carbocycles. The monoisotopic (exact) mass is 385 g/mol. The van der Waals surface area contributed by atoms with Gasteiger partial charge in [-0.2, -0.15) is 0 Å². The van der Waals surface area contributed by atoms with Crippen LogP contribution in [0.1, 0.15) is 22.6 Å². The van der Waals surface area contributed by atoms with Crippen LogP contribution in [-0.4, -0.2) is 28.7 Å². The Morgan fingerprint density at radius 1 is 1.15 bits per heavy atom. The zero-order valence-corrected chi connectivity index (χ0v) is 16.4. The number of fused-ring (bicyclic) bond motifs is 1. The van der Waals surface area contributed by atoms with Gasteiger partial charge in [-0.05, 0) is 38.3 Å². The first-order valence-corrected chi connectivity index (χ1v) is 10.3. The SMILES string of the molecule is Cc1nc(N)c2nc(C)n(C=CNS(=O)(=O)CCc3ccccc3)c2c1C. The quantitative estimate of drug-likeness (QED) is 0.679. The molecule has 3 rings (SSSR count). The minimum atomic E-state index is -3.43. The van der Waals surface area contributed by atoms with Gasteiger partial charge in [0, 0.05) is 18.1 Å². The van der Waals surface area contributed by atoms with E-state index < -0.39 is 10.0 Å². The molecular formula is C19H23N5O2S. The largest absolute Gasteiger partial charge is 0.382 e. The molecule has 0 aliphatic heterocycles. The highest BCUT2D eigenvalue weighted by Crippen LogP contribution is 2.25. The summed E-state index contributed by atoms with van der Waals surface area (Å²) in [4.78, 5) is 8.75. The Morgan fingerprint density at radius 2 is 1.85 bits per heavy atom. The zero-order valence-electron chi connectivity index (χ0n) is 15.6. The number of nitrogens with one attached hydrogen (secondary N) is 1. The van der Waals surface area contributed by atoms with Crippen molar-refractivity contribution >= 4 is 33.1 Å². The van der Waals surface area contributed by atoms with Gasteiger partial charge < -0.3 is 10.3 Å². The number of aromatic nitrogens is 3. The fourth-order valence-corrected chi connectivity index (χ4v) is 3.81. The third-order valence-electron chi connectivity index (χ3n) is 4.49. The number of imidazole rings is 1. The molecule has 0 radical (unpaired) electrons. The number of nitrogens with zero attached hydrogens (tertiary/aromatic N) is 3. The van der Waals surface area contributed by atoms with Crippen LogP contribution < -0.4 is 10.5 Å². The fraction of sp³-hybridized carbons (Fsp3) is 0.263. The van der Waals surface area contributed by atoms with E-state index >= 15 is 0 Å². The van der Waals surface area contributed by atoms with Gasteiger partial charge in [-0.15, -0.1) is 0 Å². The first-order valence-electron chi connectivity index (χ1n) is 8.60. The molecule has 0 aliphatic carbocycles. The number of hydrogen-bond donors (Lipinski definition) is 2. The van der Waals surface area contributed by atoms with E-state index in [1.165, 1.54) is 6.20 Å². The van der Waals surface area contributed by atoms with Gasteiger partial charge in [0.25, 0.3) is 0 Å². The second-order valence-electron chi connectivity index (χ2n) is 6.42. The Morgan fingerprint density at radius 3 is 2.56 bits per heavy atom. The molecule has 0 fully saturated rings. The number of nitrogen functional groups attached to an aromatic ring is 1. The molecule has 3 aromatic rings. The summed E-state index contributed by atoms with van der Waals surface area (Å²) in [7, 11) is -3.43. The van der Waals surface area contributed by atoms with E-state index in [9.17, 15) is 8.42 Å². The average molecular weight is 385 g/mol. The summed E-state index contributed by atoms with van der Waals surface area (Å²) in [6, 6.07) is 9.52. The number of anilines is 1. The first-order chi connectivity index (χ1) is 12.8. The van der Waals surface area contributed by atoms with Crippen molar-refractivity contribution in [1.29, 1.82) is 0 Å². The Hall–Kier alpha value is -2.87. The van der Waals surface area contributed by atoms with Crippen molar-refractivity contribution in [1.82, 2.24) is 19.3 Å². The Kier molecular flexibility index (Phi) is 5.18. The van der Waals surface area contributed by atoms with Crippen molar-refractivity contribution in [2.24, 2.45) is 0 Å². The topological polar surface area (TPSA) is 103 Å². The molecule has 0 unspecified atom stereocenters. The molecule has 0 spiro atoms. The van der Waals surface area contributed by atoms with E-state index in [0.29, 0.717) is 23.6 Å². The number of aryl methyl sites for hydroxylation is 4. The zero-order chi connectivity index (χ0) is 19.6. The predicted molar refractivity (Wildman–Crippen MR) is 109 cm³/mol. The lowest BCUT2D eigenvalue weighted by atomic mass is 10.2. The van der Waals surface area contributed by atoms with Gasteiger partial charge in [-0.1, -0.05) is 30.3 Å². The van der Waals surface area contributed by atoms with E-state index in [1.807, 2.05) is 55.7 Å². The molecule has 0 aliphatic rings. The Balaban J connectivity index is 1.79. The lowest BCUT2D eigenvalue weighted by Gasteiger charge is -2.07. The van der Waals surface area contributed by atoms with Crippen LogP contribution in [0.4, 0.5) is 5.82 Å². The van der Waals surface area contributed by atoms with Crippen LogP contribution in [0, 0.1) is 20.8 Å². The van der Waals surface area contributed by atoms with E-state index in [0.717, 1.165) is 22.3 Å². The molecule has 2 aromatic heterocycles. The number of nitrogens with two attached hydrogens (primary N) is 1. The van der Waals surface area contributed by atoms with Crippen LogP contribution in [0.2, 0.25) is 0 Å². The molecular weight excluding hydrogens is 362 g/mol. The maximum Gasteiger partial charge on any atom is 0.232 e. The minimum absolute atomic E-state index is 0.0139. The summed E-state index contributed by atoms with van der Waals surface area (Å²) < 4.78 is 28.8. The number of pyridine rings is 1. The lowest BCUT2D eigenvalue weighted by Crippen LogP contribution is -2.22. The van der Waals surface area contributed by atoms with Crippen LogP contribution in [-0.2, 0) is 16.4 Å². The summed E-state index contributed by atoms with van der Waals surface area (Å²) in [5, 5.41) is 0. The number of rotatable bonds is 6. The van der Waals surface area contributed by atoms with Crippen LogP contribution in [0.15, 0.2) is 36.5 Å². The van der Waals surface area contributed by atoms with Gasteiger partial charge in [0.1, 0.15) is 11.3 Å². The molecule has 142 valence electrons. The van der Waals surface area contributed by atoms with Crippen molar-refractivity contribution in [3.63, 3.8) is 0 Å². The van der Waals surface area contributed by atoms with Crippen LogP contribution in [0.3, 0.4) is 0 Å². The molecule has 0 amide bonds. The van der Waals surface area contributed by atoms with E-state index in [4.69, 9.17) is 5.73 Å². The number of sulfonamides is 1. The Labute approximate surface area is 159 Å². The van der Waals surface area contributed by atoms with E-state index in [2.05, 4.69) is 14.7 Å². The summed E-state index contributed by atoms with van der Waals surface area (Å²) in [6.45, 7) is 5.66. The number of benzene rings is 1. The van der Waals surface area contributed by atoms with Crippen molar-refractivity contribution in [3.05, 3.63) is 59.2 Å². The van der Waals surface area contributed by atoms with Gasteiger partial charge in [-0.25, -0.2) is 18.4 Å². The third kappa shape index (κ3) is 4.11. The van der Waals surface area contributed by atoms with Gasteiger partial charge in [0.05, 0.1) is 11.3 Å². The van der Waals surface area contributed by atoms with Gasteiger partial charge in [-0.3, -0.25) is 4.72 Å². The summed E-state index contributed by atoms with van der Waals surface area (Å²) in [6.07, 6.45) is 3.52. The highest BCUT2D eigenvalue weighted by atomic mass is 32.2. The van der Waals surface area contributed by atoms with Gasteiger partial charge in [0.15, 0.2) is 5.82 Å². The number of hydrogen-bond acceptors (Lipinski definition) is 5. The minimum Gasteiger partial charge on any atom is -0.382 e. The molecule has 0 bridgehead atoms. The fourth-order valence-electron chi connectivity index (χ4n) is 2.92. The molecule has 3 N–H and O–H groups in total. The second kappa shape index (κ2) is 7.40.